The van der Waals surface area contributed by atoms with Crippen LogP contribution in [0.3, 0.4) is 0 Å². The van der Waals surface area contributed by atoms with Gasteiger partial charge in [0.25, 0.3) is 0 Å². The second-order valence-electron chi connectivity index (χ2n) is 5.91. The van der Waals surface area contributed by atoms with E-state index in [-0.39, 0.29) is 19.3 Å². The zero-order valence-electron chi connectivity index (χ0n) is 11.0. The van der Waals surface area contributed by atoms with Crippen LogP contribution >= 0.6 is 0 Å². The van der Waals surface area contributed by atoms with Crippen molar-refractivity contribution in [1.82, 2.24) is 0 Å². The molecule has 3 atom stereocenters. The van der Waals surface area contributed by atoms with Gasteiger partial charge in [-0.3, -0.25) is 9.59 Å². The third-order valence-electron chi connectivity index (χ3n) is 3.07. The fourth-order valence-corrected chi connectivity index (χ4v) is 2.05. The number of aliphatic carboxylic acids is 1. The lowest BCUT2D eigenvalue weighted by Crippen LogP contribution is -2.56. The molecule has 6 nitrogen and oxygen atoms in total. The molecule has 0 aliphatic heterocycles. The van der Waals surface area contributed by atoms with Gasteiger partial charge in [-0.1, -0.05) is 0 Å². The monoisotopic (exact) mass is 259 g/mol. The van der Waals surface area contributed by atoms with Crippen molar-refractivity contribution < 1.29 is 24.5 Å². The zero-order valence-corrected chi connectivity index (χ0v) is 11.0. The Bertz CT molecular complexity index is 349. The van der Waals surface area contributed by atoms with Crippen molar-refractivity contribution in [2.24, 2.45) is 11.7 Å². The summed E-state index contributed by atoms with van der Waals surface area (Å²) in [5.74, 6) is -2.62. The van der Waals surface area contributed by atoms with Gasteiger partial charge in [-0.25, -0.2) is 0 Å². The summed E-state index contributed by atoms with van der Waals surface area (Å²) in [5, 5.41) is 18.9. The molecule has 0 bridgehead atoms. The molecule has 104 valence electrons. The largest absolute Gasteiger partial charge is 0.480 e. The second kappa shape index (κ2) is 4.85. The van der Waals surface area contributed by atoms with Gasteiger partial charge in [0.2, 0.25) is 0 Å². The number of carboxylic acids is 1. The molecule has 0 aromatic heterocycles. The molecule has 1 rings (SSSR count). The quantitative estimate of drug-likeness (QED) is 0.614. The van der Waals surface area contributed by atoms with E-state index in [1.165, 1.54) is 0 Å². The van der Waals surface area contributed by atoms with Crippen LogP contribution in [0.25, 0.3) is 0 Å². The molecule has 1 saturated carbocycles. The SMILES string of the molecule is CC(C)(C)OC(=O)[C@H]1CC(N)(C(=O)O)CC[C@@H]1O. The lowest BCUT2D eigenvalue weighted by molar-refractivity contribution is -0.168. The molecule has 1 aliphatic rings. The van der Waals surface area contributed by atoms with Crippen LogP contribution in [0.1, 0.15) is 40.0 Å². The van der Waals surface area contributed by atoms with Gasteiger partial charge >= 0.3 is 11.9 Å². The van der Waals surface area contributed by atoms with Gasteiger partial charge in [0.05, 0.1) is 12.0 Å². The summed E-state index contributed by atoms with van der Waals surface area (Å²) in [7, 11) is 0. The fraction of sp³-hybridized carbons (Fsp3) is 0.833. The molecular formula is C12H21NO5. The summed E-state index contributed by atoms with van der Waals surface area (Å²) in [6, 6.07) is 0. The van der Waals surface area contributed by atoms with E-state index in [9.17, 15) is 14.7 Å². The molecule has 0 heterocycles. The molecule has 6 heteroatoms. The molecule has 0 radical (unpaired) electrons. The summed E-state index contributed by atoms with van der Waals surface area (Å²) in [6.07, 6.45) is -0.649. The van der Waals surface area contributed by atoms with Crippen LogP contribution < -0.4 is 5.73 Å². The van der Waals surface area contributed by atoms with Crippen LogP contribution in [0.4, 0.5) is 0 Å². The van der Waals surface area contributed by atoms with Gasteiger partial charge in [0, 0.05) is 0 Å². The summed E-state index contributed by atoms with van der Waals surface area (Å²) < 4.78 is 5.17. The highest BCUT2D eigenvalue weighted by Crippen LogP contribution is 2.33. The first-order chi connectivity index (χ1) is 8.05. The summed E-state index contributed by atoms with van der Waals surface area (Å²) >= 11 is 0. The van der Waals surface area contributed by atoms with Crippen molar-refractivity contribution in [3.63, 3.8) is 0 Å². The van der Waals surface area contributed by atoms with Crippen LogP contribution in [-0.4, -0.2) is 39.4 Å². The van der Waals surface area contributed by atoms with E-state index in [0.29, 0.717) is 0 Å². The topological polar surface area (TPSA) is 110 Å². The number of carbonyl (C=O) groups excluding carboxylic acids is 1. The Hall–Kier alpha value is -1.14. The average molecular weight is 259 g/mol. The molecule has 18 heavy (non-hydrogen) atoms. The van der Waals surface area contributed by atoms with Crippen molar-refractivity contribution in [2.75, 3.05) is 0 Å². The molecular weight excluding hydrogens is 238 g/mol. The third-order valence-corrected chi connectivity index (χ3v) is 3.07. The highest BCUT2D eigenvalue weighted by molar-refractivity contribution is 5.81. The lowest BCUT2D eigenvalue weighted by atomic mass is 9.74. The Morgan fingerprint density at radius 1 is 1.39 bits per heavy atom. The number of carboxylic acid groups (broad SMARTS) is 1. The van der Waals surface area contributed by atoms with Gasteiger partial charge in [-0.05, 0) is 40.0 Å². The molecule has 4 N–H and O–H groups in total. The van der Waals surface area contributed by atoms with E-state index in [1.807, 2.05) is 0 Å². The predicted octanol–water partition coefficient (Wildman–Crippen LogP) is 0.271. The predicted molar refractivity (Wildman–Crippen MR) is 63.7 cm³/mol. The van der Waals surface area contributed by atoms with E-state index in [1.54, 1.807) is 20.8 Å². The summed E-state index contributed by atoms with van der Waals surface area (Å²) in [5.41, 5.74) is 3.61. The number of ether oxygens (including phenoxy) is 1. The Morgan fingerprint density at radius 3 is 2.39 bits per heavy atom. The van der Waals surface area contributed by atoms with Crippen molar-refractivity contribution in [1.29, 1.82) is 0 Å². The average Bonchev–Trinajstić information content (AvgIpc) is 2.19. The Labute approximate surface area is 106 Å². The third kappa shape index (κ3) is 3.43. The Balaban J connectivity index is 2.80. The van der Waals surface area contributed by atoms with Gasteiger partial charge < -0.3 is 20.7 Å². The number of carbonyl (C=O) groups is 2. The van der Waals surface area contributed by atoms with Crippen LogP contribution in [0.2, 0.25) is 0 Å². The number of rotatable bonds is 2. The minimum absolute atomic E-state index is 0.0988. The van der Waals surface area contributed by atoms with E-state index >= 15 is 0 Å². The Morgan fingerprint density at radius 2 is 1.94 bits per heavy atom. The van der Waals surface area contributed by atoms with Crippen molar-refractivity contribution >= 4 is 11.9 Å². The maximum absolute atomic E-state index is 11.9. The number of aliphatic hydroxyl groups is 1. The van der Waals surface area contributed by atoms with E-state index in [2.05, 4.69) is 0 Å². The van der Waals surface area contributed by atoms with Crippen molar-refractivity contribution in [3.8, 4) is 0 Å². The number of esters is 1. The number of aliphatic hydroxyl groups excluding tert-OH is 1. The molecule has 1 aliphatic carbocycles. The van der Waals surface area contributed by atoms with E-state index in [0.717, 1.165) is 0 Å². The molecule has 0 saturated heterocycles. The smallest absolute Gasteiger partial charge is 0.323 e. The molecule has 0 spiro atoms. The minimum Gasteiger partial charge on any atom is -0.480 e. The minimum atomic E-state index is -1.46. The zero-order chi connectivity index (χ0) is 14.1. The van der Waals surface area contributed by atoms with Crippen LogP contribution in [0.5, 0.6) is 0 Å². The van der Waals surface area contributed by atoms with Gasteiger partial charge in [0.1, 0.15) is 11.1 Å². The summed E-state index contributed by atoms with van der Waals surface area (Å²) in [4.78, 5) is 23.0. The second-order valence-corrected chi connectivity index (χ2v) is 5.91. The maximum atomic E-state index is 11.9. The van der Waals surface area contributed by atoms with Crippen molar-refractivity contribution in [2.45, 2.75) is 57.3 Å². The standard InChI is InChI=1S/C12H21NO5/c1-11(2,3)18-9(15)7-6-12(13,10(16)17)5-4-8(7)14/h7-8,14H,4-6,13H2,1-3H3,(H,16,17)/t7-,8-,12?/m0/s1. The highest BCUT2D eigenvalue weighted by atomic mass is 16.6. The number of hydrogen-bond acceptors (Lipinski definition) is 5. The normalized spacial score (nSPS) is 32.9. The van der Waals surface area contributed by atoms with E-state index in [4.69, 9.17) is 15.6 Å². The maximum Gasteiger partial charge on any atom is 0.323 e. The molecule has 1 unspecified atom stereocenters. The van der Waals surface area contributed by atoms with Crippen molar-refractivity contribution in [3.05, 3.63) is 0 Å². The summed E-state index contributed by atoms with van der Waals surface area (Å²) in [6.45, 7) is 5.15. The first kappa shape index (κ1) is 14.9. The Kier molecular flexibility index (Phi) is 4.02. The lowest BCUT2D eigenvalue weighted by Gasteiger charge is -2.37. The first-order valence-electron chi connectivity index (χ1n) is 5.98. The molecule has 0 amide bonds. The van der Waals surface area contributed by atoms with Gasteiger partial charge in [0.15, 0.2) is 0 Å². The highest BCUT2D eigenvalue weighted by Gasteiger charge is 2.46. The van der Waals surface area contributed by atoms with Crippen LogP contribution in [0.15, 0.2) is 0 Å². The molecule has 0 aromatic carbocycles. The van der Waals surface area contributed by atoms with Crippen LogP contribution in [0, 0.1) is 5.92 Å². The van der Waals surface area contributed by atoms with Crippen LogP contribution in [-0.2, 0) is 14.3 Å². The molecule has 1 fully saturated rings. The fourth-order valence-electron chi connectivity index (χ4n) is 2.05. The first-order valence-corrected chi connectivity index (χ1v) is 5.98. The number of nitrogens with two attached hydrogens (primary N) is 1. The van der Waals surface area contributed by atoms with Gasteiger partial charge in [-0.15, -0.1) is 0 Å². The molecule has 0 aromatic rings. The van der Waals surface area contributed by atoms with E-state index < -0.39 is 35.1 Å². The number of hydrogen-bond donors (Lipinski definition) is 3. The van der Waals surface area contributed by atoms with Gasteiger partial charge in [-0.2, -0.15) is 0 Å².